The van der Waals surface area contributed by atoms with Crippen molar-refractivity contribution in [3.05, 3.63) is 0 Å². The molecule has 0 bridgehead atoms. The topological polar surface area (TPSA) is 91.8 Å². The molecule has 19 heavy (non-hydrogen) atoms. The Kier molecular flexibility index (Phi) is 4.95. The second kappa shape index (κ2) is 5.90. The Labute approximate surface area is 113 Å². The molecule has 0 aromatic rings. The Morgan fingerprint density at radius 1 is 1.26 bits per heavy atom. The van der Waals surface area contributed by atoms with E-state index in [1.54, 1.807) is 0 Å². The first-order chi connectivity index (χ1) is 8.65. The molecular weight excluding hydrogens is 270 g/mol. The molecule has 1 aliphatic carbocycles. The number of rotatable bonds is 7. The molecular formula is C12H21NO5S. The Morgan fingerprint density at radius 2 is 1.79 bits per heavy atom. The fraction of sp³-hybridized carbons (Fsp3) is 0.833. The van der Waals surface area contributed by atoms with Crippen LogP contribution in [0.2, 0.25) is 0 Å². The molecule has 1 atom stereocenters. The summed E-state index contributed by atoms with van der Waals surface area (Å²) >= 11 is 0. The van der Waals surface area contributed by atoms with Gasteiger partial charge in [0.25, 0.3) is 0 Å². The van der Waals surface area contributed by atoms with Crippen LogP contribution in [0.4, 0.5) is 0 Å². The van der Waals surface area contributed by atoms with Crippen molar-refractivity contribution in [3.63, 3.8) is 0 Å². The molecule has 0 heterocycles. The molecule has 1 aliphatic rings. The molecule has 1 rings (SSSR count). The lowest BCUT2D eigenvalue weighted by atomic mass is 10.1. The molecule has 7 heteroatoms. The number of hydrogen-bond acceptors (Lipinski definition) is 4. The van der Waals surface area contributed by atoms with Gasteiger partial charge in [0.1, 0.15) is 5.75 Å². The molecule has 1 amide bonds. The van der Waals surface area contributed by atoms with E-state index in [1.807, 2.05) is 0 Å². The van der Waals surface area contributed by atoms with E-state index in [0.29, 0.717) is 0 Å². The fourth-order valence-electron chi connectivity index (χ4n) is 1.64. The number of amides is 1. The molecule has 1 N–H and O–H groups in total. The normalized spacial score (nSPS) is 17.3. The maximum atomic E-state index is 12.1. The maximum Gasteiger partial charge on any atom is 0.308 e. The van der Waals surface area contributed by atoms with Crippen LogP contribution < -0.4 is 0 Å². The van der Waals surface area contributed by atoms with E-state index >= 15 is 0 Å². The first-order valence-electron chi connectivity index (χ1n) is 6.39. The summed E-state index contributed by atoms with van der Waals surface area (Å²) in [6.07, 6.45) is 1.64. The van der Waals surface area contributed by atoms with Crippen molar-refractivity contribution in [3.8, 4) is 0 Å². The third kappa shape index (κ3) is 4.49. The van der Waals surface area contributed by atoms with Crippen LogP contribution >= 0.6 is 0 Å². The first kappa shape index (κ1) is 15.9. The van der Waals surface area contributed by atoms with Crippen molar-refractivity contribution in [1.82, 2.24) is 4.90 Å². The molecule has 1 fully saturated rings. The van der Waals surface area contributed by atoms with Crippen LogP contribution in [0, 0.1) is 5.92 Å². The van der Waals surface area contributed by atoms with Gasteiger partial charge in [-0.1, -0.05) is 6.92 Å². The Balaban J connectivity index is 2.72. The van der Waals surface area contributed by atoms with Gasteiger partial charge >= 0.3 is 5.97 Å². The number of sulfone groups is 1. The highest BCUT2D eigenvalue weighted by atomic mass is 32.2. The molecule has 0 spiro atoms. The molecule has 6 nitrogen and oxygen atoms in total. The summed E-state index contributed by atoms with van der Waals surface area (Å²) in [7, 11) is -3.44. The molecule has 1 saturated carbocycles. The zero-order valence-corrected chi connectivity index (χ0v) is 12.3. The average molecular weight is 291 g/mol. The minimum absolute atomic E-state index is 0.0108. The van der Waals surface area contributed by atoms with Crippen LogP contribution in [0.1, 0.15) is 33.6 Å². The van der Waals surface area contributed by atoms with E-state index in [9.17, 15) is 18.0 Å². The molecule has 0 radical (unpaired) electrons. The van der Waals surface area contributed by atoms with Gasteiger partial charge in [-0.2, -0.15) is 0 Å². The number of carbonyl (C=O) groups excluding carboxylic acids is 1. The van der Waals surface area contributed by atoms with Gasteiger partial charge in [0.05, 0.1) is 11.2 Å². The van der Waals surface area contributed by atoms with Crippen LogP contribution in [0.3, 0.4) is 0 Å². The van der Waals surface area contributed by atoms with E-state index in [4.69, 9.17) is 5.11 Å². The molecule has 0 aromatic carbocycles. The van der Waals surface area contributed by atoms with Crippen LogP contribution in [-0.2, 0) is 19.4 Å². The quantitative estimate of drug-likeness (QED) is 0.738. The monoisotopic (exact) mass is 291 g/mol. The van der Waals surface area contributed by atoms with E-state index in [2.05, 4.69) is 0 Å². The van der Waals surface area contributed by atoms with E-state index < -0.39 is 38.6 Å². The Hall–Kier alpha value is -1.11. The molecule has 0 aliphatic heterocycles. The number of carboxylic acids is 1. The summed E-state index contributed by atoms with van der Waals surface area (Å²) in [6.45, 7) is 4.66. The van der Waals surface area contributed by atoms with E-state index in [1.165, 1.54) is 25.7 Å². The number of nitrogens with zero attached hydrogens (tertiary/aromatic N) is 1. The van der Waals surface area contributed by atoms with Crippen molar-refractivity contribution in [2.24, 2.45) is 5.92 Å². The molecule has 0 aromatic heterocycles. The highest BCUT2D eigenvalue weighted by Gasteiger charge is 2.36. The maximum absolute atomic E-state index is 12.1. The lowest BCUT2D eigenvalue weighted by Gasteiger charge is -2.24. The van der Waals surface area contributed by atoms with E-state index in [-0.39, 0.29) is 12.6 Å². The van der Waals surface area contributed by atoms with Crippen LogP contribution in [0.25, 0.3) is 0 Å². The summed E-state index contributed by atoms with van der Waals surface area (Å²) in [5.74, 6) is -2.69. The fourth-order valence-corrected chi connectivity index (χ4v) is 2.48. The van der Waals surface area contributed by atoms with Gasteiger partial charge in [-0.15, -0.1) is 0 Å². The van der Waals surface area contributed by atoms with Crippen molar-refractivity contribution >= 4 is 21.7 Å². The second-order valence-electron chi connectivity index (χ2n) is 5.37. The largest absolute Gasteiger partial charge is 0.481 e. The first-order valence-corrected chi connectivity index (χ1v) is 8.10. The zero-order valence-electron chi connectivity index (χ0n) is 11.5. The third-order valence-electron chi connectivity index (χ3n) is 3.24. The van der Waals surface area contributed by atoms with Crippen molar-refractivity contribution in [2.45, 2.75) is 44.9 Å². The lowest BCUT2D eigenvalue weighted by molar-refractivity contribution is -0.142. The molecule has 110 valence electrons. The summed E-state index contributed by atoms with van der Waals surface area (Å²) in [6, 6.07) is 0.0108. The summed E-state index contributed by atoms with van der Waals surface area (Å²) in [5.41, 5.74) is 0. The zero-order chi connectivity index (χ0) is 14.8. The van der Waals surface area contributed by atoms with E-state index in [0.717, 1.165) is 12.8 Å². The van der Waals surface area contributed by atoms with Gasteiger partial charge in [-0.3, -0.25) is 9.59 Å². The van der Waals surface area contributed by atoms with Gasteiger partial charge in [0, 0.05) is 12.6 Å². The summed E-state index contributed by atoms with van der Waals surface area (Å²) < 4.78 is 23.5. The third-order valence-corrected chi connectivity index (χ3v) is 5.33. The van der Waals surface area contributed by atoms with Crippen LogP contribution in [0.15, 0.2) is 0 Å². The number of carbonyl (C=O) groups is 2. The highest BCUT2D eigenvalue weighted by molar-refractivity contribution is 7.92. The Morgan fingerprint density at radius 3 is 2.16 bits per heavy atom. The molecule has 0 saturated heterocycles. The van der Waals surface area contributed by atoms with Crippen molar-refractivity contribution in [1.29, 1.82) is 0 Å². The SMILES string of the molecule is CC(CN(C(=O)CS(=O)(=O)C(C)C)C1CC1)C(=O)O. The Bertz CT molecular complexity index is 453. The second-order valence-corrected chi connectivity index (χ2v) is 7.93. The minimum atomic E-state index is -3.44. The number of hydrogen-bond donors (Lipinski definition) is 1. The lowest BCUT2D eigenvalue weighted by Crippen LogP contribution is -2.42. The number of aliphatic carboxylic acids is 1. The van der Waals surface area contributed by atoms with Gasteiger partial charge in [0.15, 0.2) is 9.84 Å². The summed E-state index contributed by atoms with van der Waals surface area (Å²) in [5, 5.41) is 8.28. The van der Waals surface area contributed by atoms with Gasteiger partial charge in [0.2, 0.25) is 5.91 Å². The van der Waals surface area contributed by atoms with Gasteiger partial charge in [-0.25, -0.2) is 8.42 Å². The van der Waals surface area contributed by atoms with Crippen LogP contribution in [-0.4, -0.2) is 53.9 Å². The van der Waals surface area contributed by atoms with Crippen molar-refractivity contribution < 1.29 is 23.1 Å². The standard InChI is InChI=1S/C12H21NO5S/c1-8(2)19(17,18)7-11(14)13(10-4-5-10)6-9(3)12(15)16/h8-10H,4-7H2,1-3H3,(H,15,16). The predicted molar refractivity (Wildman–Crippen MR) is 70.5 cm³/mol. The minimum Gasteiger partial charge on any atom is -0.481 e. The number of carboxylic acid groups (broad SMARTS) is 1. The average Bonchev–Trinajstić information content (AvgIpc) is 3.07. The van der Waals surface area contributed by atoms with Crippen LogP contribution in [0.5, 0.6) is 0 Å². The predicted octanol–water partition coefficient (Wildman–Crippen LogP) is 0.521. The van der Waals surface area contributed by atoms with Gasteiger partial charge in [-0.05, 0) is 26.7 Å². The molecule has 1 unspecified atom stereocenters. The van der Waals surface area contributed by atoms with Crippen molar-refractivity contribution in [2.75, 3.05) is 12.3 Å². The highest BCUT2D eigenvalue weighted by Crippen LogP contribution is 2.28. The van der Waals surface area contributed by atoms with Gasteiger partial charge < -0.3 is 10.0 Å². The summed E-state index contributed by atoms with van der Waals surface area (Å²) in [4.78, 5) is 24.3. The smallest absolute Gasteiger partial charge is 0.308 e.